The topological polar surface area (TPSA) is 95.1 Å². The minimum atomic E-state index is -0.433. The van der Waals surface area contributed by atoms with E-state index in [0.717, 1.165) is 0 Å². The number of nitro benzene ring substituents is 1. The number of ether oxygens (including phenoxy) is 1. The van der Waals surface area contributed by atoms with Gasteiger partial charge in [-0.3, -0.25) is 14.8 Å². The van der Waals surface area contributed by atoms with E-state index in [2.05, 4.69) is 15.6 Å². The van der Waals surface area contributed by atoms with Gasteiger partial charge in [0.05, 0.1) is 24.8 Å². The molecule has 100 valence electrons. The van der Waals surface area contributed by atoms with Gasteiger partial charge >= 0.3 is 0 Å². The van der Waals surface area contributed by atoms with Crippen molar-refractivity contribution < 1.29 is 9.66 Å². The first-order chi connectivity index (χ1) is 9.20. The summed E-state index contributed by atoms with van der Waals surface area (Å²) in [6.45, 7) is 1.06. The van der Waals surface area contributed by atoms with Crippen molar-refractivity contribution >= 4 is 11.4 Å². The Kier molecular flexibility index (Phi) is 3.91. The Morgan fingerprint density at radius 3 is 3.00 bits per heavy atom. The van der Waals surface area contributed by atoms with E-state index in [1.807, 2.05) is 0 Å². The standard InChI is InChI=1S/C11H13N5O3/c1-19-9-2-3-11(16(17)18)10(8-9)12-4-6-15-7-5-13-14-15/h2-3,5,7-8,12H,4,6H2,1H3. The lowest BCUT2D eigenvalue weighted by atomic mass is 10.2. The maximum Gasteiger partial charge on any atom is 0.292 e. The Morgan fingerprint density at radius 2 is 2.37 bits per heavy atom. The molecule has 0 spiro atoms. The highest BCUT2D eigenvalue weighted by atomic mass is 16.6. The fourth-order valence-electron chi connectivity index (χ4n) is 1.60. The minimum absolute atomic E-state index is 0.0133. The molecule has 0 amide bonds. The van der Waals surface area contributed by atoms with E-state index in [9.17, 15) is 10.1 Å². The van der Waals surface area contributed by atoms with Gasteiger partial charge in [0, 0.05) is 24.9 Å². The first-order valence-electron chi connectivity index (χ1n) is 5.61. The minimum Gasteiger partial charge on any atom is -0.497 e. The third kappa shape index (κ3) is 3.18. The Hall–Kier alpha value is -2.64. The van der Waals surface area contributed by atoms with E-state index < -0.39 is 4.92 Å². The zero-order valence-electron chi connectivity index (χ0n) is 10.3. The van der Waals surface area contributed by atoms with Gasteiger partial charge in [0.2, 0.25) is 0 Å². The van der Waals surface area contributed by atoms with Crippen LogP contribution in [0.1, 0.15) is 0 Å². The van der Waals surface area contributed by atoms with Crippen molar-refractivity contribution in [1.82, 2.24) is 15.0 Å². The number of methoxy groups -OCH3 is 1. The summed E-state index contributed by atoms with van der Waals surface area (Å²) in [5.41, 5.74) is 0.434. The average molecular weight is 263 g/mol. The monoisotopic (exact) mass is 263 g/mol. The maximum absolute atomic E-state index is 10.9. The van der Waals surface area contributed by atoms with Crippen molar-refractivity contribution in [2.75, 3.05) is 19.0 Å². The highest BCUT2D eigenvalue weighted by molar-refractivity contribution is 5.64. The van der Waals surface area contributed by atoms with Crippen LogP contribution in [0.3, 0.4) is 0 Å². The molecule has 0 bridgehead atoms. The van der Waals surface area contributed by atoms with Crippen molar-refractivity contribution in [3.63, 3.8) is 0 Å². The van der Waals surface area contributed by atoms with Crippen LogP contribution in [0.15, 0.2) is 30.6 Å². The summed E-state index contributed by atoms with van der Waals surface area (Å²) in [6, 6.07) is 4.57. The van der Waals surface area contributed by atoms with Crippen LogP contribution < -0.4 is 10.1 Å². The molecule has 8 heteroatoms. The predicted molar refractivity (Wildman–Crippen MR) is 68.2 cm³/mol. The lowest BCUT2D eigenvalue weighted by molar-refractivity contribution is -0.384. The summed E-state index contributed by atoms with van der Waals surface area (Å²) in [4.78, 5) is 10.5. The Bertz CT molecular complexity index is 555. The Balaban J connectivity index is 2.06. The molecule has 2 rings (SSSR count). The molecule has 1 N–H and O–H groups in total. The number of anilines is 1. The van der Waals surface area contributed by atoms with Gasteiger partial charge < -0.3 is 10.1 Å². The van der Waals surface area contributed by atoms with Gasteiger partial charge in [0.15, 0.2) is 0 Å². The fraction of sp³-hybridized carbons (Fsp3) is 0.273. The van der Waals surface area contributed by atoms with Crippen molar-refractivity contribution in [2.45, 2.75) is 6.54 Å². The zero-order valence-corrected chi connectivity index (χ0v) is 10.3. The predicted octanol–water partition coefficient (Wildman–Crippen LogP) is 1.31. The zero-order chi connectivity index (χ0) is 13.7. The molecule has 8 nitrogen and oxygen atoms in total. The van der Waals surface area contributed by atoms with Gasteiger partial charge in [-0.25, -0.2) is 0 Å². The summed E-state index contributed by atoms with van der Waals surface area (Å²) in [5, 5.41) is 21.4. The van der Waals surface area contributed by atoms with Crippen molar-refractivity contribution in [3.05, 3.63) is 40.7 Å². The van der Waals surface area contributed by atoms with Crippen LogP contribution in [-0.2, 0) is 6.54 Å². The first-order valence-corrected chi connectivity index (χ1v) is 5.61. The van der Waals surface area contributed by atoms with Crippen molar-refractivity contribution in [1.29, 1.82) is 0 Å². The third-order valence-corrected chi connectivity index (χ3v) is 2.53. The van der Waals surface area contributed by atoms with Gasteiger partial charge in [-0.05, 0) is 6.07 Å². The second kappa shape index (κ2) is 5.80. The number of rotatable bonds is 6. The molecule has 0 unspecified atom stereocenters. The summed E-state index contributed by atoms with van der Waals surface area (Å²) in [7, 11) is 1.51. The largest absolute Gasteiger partial charge is 0.497 e. The van der Waals surface area contributed by atoms with E-state index in [4.69, 9.17) is 4.74 Å². The van der Waals surface area contributed by atoms with Crippen LogP contribution in [0.2, 0.25) is 0 Å². The molecule has 0 aliphatic heterocycles. The number of nitrogens with one attached hydrogen (secondary N) is 1. The van der Waals surface area contributed by atoms with Gasteiger partial charge in [-0.2, -0.15) is 0 Å². The lowest BCUT2D eigenvalue weighted by Gasteiger charge is -2.08. The van der Waals surface area contributed by atoms with Crippen LogP contribution in [-0.4, -0.2) is 33.6 Å². The molecule has 1 aromatic carbocycles. The molecule has 0 aliphatic rings. The molecule has 2 aromatic rings. The van der Waals surface area contributed by atoms with Crippen LogP contribution in [0, 0.1) is 10.1 Å². The number of hydrogen-bond donors (Lipinski definition) is 1. The van der Waals surface area contributed by atoms with Gasteiger partial charge in [0.1, 0.15) is 11.4 Å². The summed E-state index contributed by atoms with van der Waals surface area (Å²) < 4.78 is 6.69. The van der Waals surface area contributed by atoms with Crippen LogP contribution in [0.4, 0.5) is 11.4 Å². The SMILES string of the molecule is COc1ccc([N+](=O)[O-])c(NCCn2ccnn2)c1. The van der Waals surface area contributed by atoms with Crippen LogP contribution in [0.25, 0.3) is 0 Å². The van der Waals surface area contributed by atoms with Gasteiger partial charge in [0.25, 0.3) is 5.69 Å². The molecular weight excluding hydrogens is 250 g/mol. The van der Waals surface area contributed by atoms with Gasteiger partial charge in [-0.1, -0.05) is 5.21 Å². The number of benzene rings is 1. The van der Waals surface area contributed by atoms with E-state index in [1.54, 1.807) is 29.2 Å². The molecule has 1 aromatic heterocycles. The van der Waals surface area contributed by atoms with E-state index in [-0.39, 0.29) is 5.69 Å². The smallest absolute Gasteiger partial charge is 0.292 e. The molecule has 0 fully saturated rings. The summed E-state index contributed by atoms with van der Waals surface area (Å²) in [5.74, 6) is 0.564. The molecule has 0 radical (unpaired) electrons. The number of aromatic nitrogens is 3. The van der Waals surface area contributed by atoms with Gasteiger partial charge in [-0.15, -0.1) is 5.10 Å². The second-order valence-electron chi connectivity index (χ2n) is 3.73. The quantitative estimate of drug-likeness (QED) is 0.623. The molecule has 0 saturated heterocycles. The fourth-order valence-corrected chi connectivity index (χ4v) is 1.60. The summed E-state index contributed by atoms with van der Waals surface area (Å²) >= 11 is 0. The Labute approximate surface area is 109 Å². The average Bonchev–Trinajstić information content (AvgIpc) is 2.91. The molecule has 0 aliphatic carbocycles. The second-order valence-corrected chi connectivity index (χ2v) is 3.73. The highest BCUT2D eigenvalue weighted by Gasteiger charge is 2.14. The maximum atomic E-state index is 10.9. The third-order valence-electron chi connectivity index (χ3n) is 2.53. The van der Waals surface area contributed by atoms with E-state index in [1.165, 1.54) is 13.2 Å². The number of nitro groups is 1. The molecule has 0 saturated carbocycles. The highest BCUT2D eigenvalue weighted by Crippen LogP contribution is 2.28. The number of nitrogens with zero attached hydrogens (tertiary/aromatic N) is 4. The van der Waals surface area contributed by atoms with Crippen molar-refractivity contribution in [3.8, 4) is 5.75 Å². The van der Waals surface area contributed by atoms with Crippen LogP contribution >= 0.6 is 0 Å². The lowest BCUT2D eigenvalue weighted by Crippen LogP contribution is -2.12. The van der Waals surface area contributed by atoms with Crippen molar-refractivity contribution in [2.24, 2.45) is 0 Å². The molecule has 19 heavy (non-hydrogen) atoms. The normalized spacial score (nSPS) is 10.2. The van der Waals surface area contributed by atoms with E-state index >= 15 is 0 Å². The molecule has 0 atom stereocenters. The van der Waals surface area contributed by atoms with E-state index in [0.29, 0.717) is 24.5 Å². The van der Waals surface area contributed by atoms with Crippen LogP contribution in [0.5, 0.6) is 5.75 Å². The number of hydrogen-bond acceptors (Lipinski definition) is 6. The summed E-state index contributed by atoms with van der Waals surface area (Å²) in [6.07, 6.45) is 3.30. The molecular formula is C11H13N5O3. The first kappa shape index (κ1) is 12.8. The Morgan fingerprint density at radius 1 is 1.53 bits per heavy atom. The molecule has 1 heterocycles.